The molecular weight excluding hydrogens is 267 g/mol. The van der Waals surface area contributed by atoms with Crippen LogP contribution in [0.25, 0.3) is 0 Å². The van der Waals surface area contributed by atoms with Crippen LogP contribution in [0.15, 0.2) is 48.5 Å². The molecule has 0 fully saturated rings. The SMILES string of the molecule is C[C@@H](O)c1ccc(F)cc1OCCCCc1ccccc1. The Kier molecular flexibility index (Phi) is 5.76. The lowest BCUT2D eigenvalue weighted by atomic mass is 10.1. The summed E-state index contributed by atoms with van der Waals surface area (Å²) in [5.41, 5.74) is 1.94. The molecule has 0 amide bonds. The van der Waals surface area contributed by atoms with E-state index in [0.29, 0.717) is 17.9 Å². The first-order valence-corrected chi connectivity index (χ1v) is 7.31. The van der Waals surface area contributed by atoms with E-state index in [2.05, 4.69) is 12.1 Å². The average Bonchev–Trinajstić information content (AvgIpc) is 2.48. The fraction of sp³-hybridized carbons (Fsp3) is 0.333. The topological polar surface area (TPSA) is 29.5 Å². The van der Waals surface area contributed by atoms with Gasteiger partial charge in [0.2, 0.25) is 0 Å². The van der Waals surface area contributed by atoms with Crippen molar-refractivity contribution >= 4 is 0 Å². The van der Waals surface area contributed by atoms with Crippen LogP contribution in [0.5, 0.6) is 5.75 Å². The van der Waals surface area contributed by atoms with Gasteiger partial charge in [0.15, 0.2) is 0 Å². The summed E-state index contributed by atoms with van der Waals surface area (Å²) >= 11 is 0. The van der Waals surface area contributed by atoms with E-state index in [1.807, 2.05) is 18.2 Å². The molecule has 0 aromatic heterocycles. The van der Waals surface area contributed by atoms with Crippen LogP contribution in [0.2, 0.25) is 0 Å². The van der Waals surface area contributed by atoms with Crippen molar-refractivity contribution in [1.82, 2.24) is 0 Å². The van der Waals surface area contributed by atoms with Crippen molar-refractivity contribution in [2.45, 2.75) is 32.3 Å². The van der Waals surface area contributed by atoms with Gasteiger partial charge < -0.3 is 9.84 Å². The first-order valence-electron chi connectivity index (χ1n) is 7.31. The third kappa shape index (κ3) is 4.87. The molecule has 0 aliphatic heterocycles. The summed E-state index contributed by atoms with van der Waals surface area (Å²) in [6.07, 6.45) is 2.26. The van der Waals surface area contributed by atoms with Crippen LogP contribution in [0.4, 0.5) is 4.39 Å². The first kappa shape index (κ1) is 15.5. The van der Waals surface area contributed by atoms with E-state index in [4.69, 9.17) is 4.74 Å². The summed E-state index contributed by atoms with van der Waals surface area (Å²) in [7, 11) is 0. The predicted molar refractivity (Wildman–Crippen MR) is 81.9 cm³/mol. The molecule has 0 spiro atoms. The maximum absolute atomic E-state index is 13.2. The number of unbranched alkanes of at least 4 members (excludes halogenated alkanes) is 1. The number of hydrogen-bond donors (Lipinski definition) is 1. The van der Waals surface area contributed by atoms with E-state index in [0.717, 1.165) is 19.3 Å². The molecule has 1 atom stereocenters. The normalized spacial score (nSPS) is 12.1. The van der Waals surface area contributed by atoms with Gasteiger partial charge in [-0.2, -0.15) is 0 Å². The molecule has 0 saturated carbocycles. The van der Waals surface area contributed by atoms with Gasteiger partial charge in [0.1, 0.15) is 11.6 Å². The van der Waals surface area contributed by atoms with Crippen LogP contribution in [0.1, 0.15) is 37.0 Å². The van der Waals surface area contributed by atoms with Gasteiger partial charge in [0, 0.05) is 11.6 Å². The number of halogens is 1. The lowest BCUT2D eigenvalue weighted by molar-refractivity contribution is 0.190. The molecule has 21 heavy (non-hydrogen) atoms. The van der Waals surface area contributed by atoms with Crippen molar-refractivity contribution < 1.29 is 14.2 Å². The molecule has 2 nitrogen and oxygen atoms in total. The minimum Gasteiger partial charge on any atom is -0.493 e. The summed E-state index contributed by atoms with van der Waals surface area (Å²) in [6, 6.07) is 14.5. The van der Waals surface area contributed by atoms with Crippen molar-refractivity contribution in [1.29, 1.82) is 0 Å². The highest BCUT2D eigenvalue weighted by Crippen LogP contribution is 2.26. The molecule has 2 aromatic carbocycles. The molecule has 2 aromatic rings. The van der Waals surface area contributed by atoms with Crippen molar-refractivity contribution in [3.8, 4) is 5.75 Å². The Balaban J connectivity index is 1.79. The second kappa shape index (κ2) is 7.79. The molecule has 2 rings (SSSR count). The van der Waals surface area contributed by atoms with Gasteiger partial charge >= 0.3 is 0 Å². The number of benzene rings is 2. The van der Waals surface area contributed by atoms with E-state index in [-0.39, 0.29) is 5.82 Å². The van der Waals surface area contributed by atoms with Gasteiger partial charge in [0.25, 0.3) is 0 Å². The van der Waals surface area contributed by atoms with Crippen molar-refractivity contribution in [3.05, 3.63) is 65.5 Å². The number of aryl methyl sites for hydroxylation is 1. The molecule has 0 unspecified atom stereocenters. The van der Waals surface area contributed by atoms with Crippen molar-refractivity contribution in [2.75, 3.05) is 6.61 Å². The van der Waals surface area contributed by atoms with Gasteiger partial charge in [-0.15, -0.1) is 0 Å². The standard InChI is InChI=1S/C18H21FO2/c1-14(20)17-11-10-16(19)13-18(17)21-12-6-5-9-15-7-3-2-4-8-15/h2-4,7-8,10-11,13-14,20H,5-6,9,12H2,1H3/t14-/m1/s1. The Hall–Kier alpha value is -1.87. The van der Waals surface area contributed by atoms with Crippen molar-refractivity contribution in [2.24, 2.45) is 0 Å². The lowest BCUT2D eigenvalue weighted by Gasteiger charge is -2.13. The highest BCUT2D eigenvalue weighted by atomic mass is 19.1. The average molecular weight is 288 g/mol. The zero-order chi connectivity index (χ0) is 15.1. The van der Waals surface area contributed by atoms with Gasteiger partial charge in [-0.1, -0.05) is 30.3 Å². The number of ether oxygens (including phenoxy) is 1. The predicted octanol–water partition coefficient (Wildman–Crippen LogP) is 4.28. The largest absolute Gasteiger partial charge is 0.493 e. The molecule has 0 aliphatic rings. The number of hydrogen-bond acceptors (Lipinski definition) is 2. The van der Waals surface area contributed by atoms with Gasteiger partial charge in [-0.3, -0.25) is 0 Å². The zero-order valence-electron chi connectivity index (χ0n) is 12.3. The lowest BCUT2D eigenvalue weighted by Crippen LogP contribution is -2.03. The van der Waals surface area contributed by atoms with Crippen LogP contribution in [-0.2, 0) is 6.42 Å². The Bertz CT molecular complexity index is 552. The summed E-state index contributed by atoms with van der Waals surface area (Å²) < 4.78 is 18.9. The molecule has 0 radical (unpaired) electrons. The van der Waals surface area contributed by atoms with Crippen LogP contribution in [0.3, 0.4) is 0 Å². The van der Waals surface area contributed by atoms with Crippen LogP contribution in [-0.4, -0.2) is 11.7 Å². The van der Waals surface area contributed by atoms with Gasteiger partial charge in [-0.05, 0) is 43.9 Å². The fourth-order valence-corrected chi connectivity index (χ4v) is 2.24. The minimum atomic E-state index is -0.662. The van der Waals surface area contributed by atoms with E-state index < -0.39 is 6.10 Å². The Morgan fingerprint density at radius 2 is 1.86 bits per heavy atom. The third-order valence-electron chi connectivity index (χ3n) is 3.39. The smallest absolute Gasteiger partial charge is 0.127 e. The summed E-state index contributed by atoms with van der Waals surface area (Å²) in [6.45, 7) is 2.17. The molecule has 0 heterocycles. The van der Waals surface area contributed by atoms with Crippen LogP contribution < -0.4 is 4.74 Å². The maximum Gasteiger partial charge on any atom is 0.127 e. The molecular formula is C18H21FO2. The van der Waals surface area contributed by atoms with E-state index in [9.17, 15) is 9.50 Å². The highest BCUT2D eigenvalue weighted by molar-refractivity contribution is 5.35. The van der Waals surface area contributed by atoms with E-state index >= 15 is 0 Å². The number of aliphatic hydroxyl groups excluding tert-OH is 1. The highest BCUT2D eigenvalue weighted by Gasteiger charge is 2.10. The monoisotopic (exact) mass is 288 g/mol. The maximum atomic E-state index is 13.2. The number of rotatable bonds is 7. The molecule has 1 N–H and O–H groups in total. The second-order valence-corrected chi connectivity index (χ2v) is 5.15. The quantitative estimate of drug-likeness (QED) is 0.770. The van der Waals surface area contributed by atoms with Gasteiger partial charge in [0.05, 0.1) is 12.7 Å². The summed E-state index contributed by atoms with van der Waals surface area (Å²) in [5.74, 6) is 0.0865. The Morgan fingerprint density at radius 1 is 1.10 bits per heavy atom. The molecule has 0 aliphatic carbocycles. The van der Waals surface area contributed by atoms with E-state index in [1.54, 1.807) is 13.0 Å². The summed E-state index contributed by atoms with van der Waals surface area (Å²) in [5, 5.41) is 9.64. The summed E-state index contributed by atoms with van der Waals surface area (Å²) in [4.78, 5) is 0. The van der Waals surface area contributed by atoms with Gasteiger partial charge in [-0.25, -0.2) is 4.39 Å². The second-order valence-electron chi connectivity index (χ2n) is 5.15. The zero-order valence-corrected chi connectivity index (χ0v) is 12.3. The Morgan fingerprint density at radius 3 is 2.57 bits per heavy atom. The molecule has 0 bridgehead atoms. The number of aliphatic hydroxyl groups is 1. The van der Waals surface area contributed by atoms with Crippen LogP contribution >= 0.6 is 0 Å². The third-order valence-corrected chi connectivity index (χ3v) is 3.39. The minimum absolute atomic E-state index is 0.348. The Labute approximate surface area is 125 Å². The molecule has 112 valence electrons. The van der Waals surface area contributed by atoms with Crippen molar-refractivity contribution in [3.63, 3.8) is 0 Å². The fourth-order valence-electron chi connectivity index (χ4n) is 2.24. The first-order chi connectivity index (χ1) is 10.2. The van der Waals surface area contributed by atoms with Crippen LogP contribution in [0, 0.1) is 5.82 Å². The molecule has 0 saturated heterocycles. The van der Waals surface area contributed by atoms with E-state index in [1.165, 1.54) is 17.7 Å². The molecule has 3 heteroatoms.